The van der Waals surface area contributed by atoms with Crippen molar-refractivity contribution in [2.75, 3.05) is 0 Å². The van der Waals surface area contributed by atoms with Crippen molar-refractivity contribution >= 4 is 74.1 Å². The summed E-state index contributed by atoms with van der Waals surface area (Å²) in [4.78, 5) is 25.6. The summed E-state index contributed by atoms with van der Waals surface area (Å²) < 4.78 is 8.55. The average Bonchev–Trinajstić information content (AvgIpc) is 0.722. The summed E-state index contributed by atoms with van der Waals surface area (Å²) in [6, 6.07) is 0. The molecule has 0 N–H and O–H groups in total. The van der Waals surface area contributed by atoms with Gasteiger partial charge < -0.3 is 23.5 Å². The Balaban J connectivity index is -0.00000000533. The molecular weight excluding hydrogens is 298 g/mol. The summed E-state index contributed by atoms with van der Waals surface area (Å²) in [5.74, 6) is 0. The molecule has 0 spiro atoms. The third kappa shape index (κ3) is 52.0. The molecule has 0 atom stereocenters. The van der Waals surface area contributed by atoms with Gasteiger partial charge in [-0.25, -0.2) is 0 Å². The summed E-state index contributed by atoms with van der Waals surface area (Å²) >= 11 is 0. The standard InChI is InChI=1S/Al.Ba.K.H3O4P.3H/c;;;1-5(2,3)4;;;/h;;;(H3,1,2,3,4);;;/q+3;+2;+1;;3*-1/p-3. The van der Waals surface area contributed by atoms with Crippen LogP contribution in [0.2, 0.25) is 0 Å². The van der Waals surface area contributed by atoms with Gasteiger partial charge >= 0.3 is 118 Å². The second kappa shape index (κ2) is 10.9. The van der Waals surface area contributed by atoms with Crippen molar-refractivity contribution in [3.63, 3.8) is 0 Å². The molecule has 0 unspecified atom stereocenters. The molecule has 0 aromatic heterocycles. The molecule has 0 rings (SSSR count). The zero-order valence-corrected chi connectivity index (χ0v) is 14.0. The van der Waals surface area contributed by atoms with Crippen LogP contribution in [-0.4, -0.2) is 66.2 Å². The van der Waals surface area contributed by atoms with Crippen molar-refractivity contribution in [2.24, 2.45) is 0 Å². The maximum atomic E-state index is 8.55. The molecule has 0 aromatic carbocycles. The molecule has 0 aliphatic carbocycles. The van der Waals surface area contributed by atoms with E-state index < -0.39 is 7.82 Å². The largest absolute Gasteiger partial charge is 3.00 e. The third-order valence-corrected chi connectivity index (χ3v) is 0. The van der Waals surface area contributed by atoms with Crippen molar-refractivity contribution < 1.29 is 74.9 Å². The van der Waals surface area contributed by atoms with Crippen LogP contribution < -0.4 is 66.1 Å². The quantitative estimate of drug-likeness (QED) is 0.329. The Kier molecular flexibility index (Phi) is 30.7. The van der Waals surface area contributed by atoms with Crippen LogP contribution in [-0.2, 0) is 4.57 Å². The second-order valence-electron chi connectivity index (χ2n) is 0.447. The fourth-order valence-corrected chi connectivity index (χ4v) is 0. The first-order valence-electron chi connectivity index (χ1n) is 0.730. The molecule has 8 heteroatoms. The Hall–Kier alpha value is 3.85. The maximum absolute atomic E-state index is 8.55. The van der Waals surface area contributed by atoms with Crippen LogP contribution in [0.15, 0.2) is 0 Å². The number of hydrogen-bond donors (Lipinski definition) is 0. The zero-order valence-electron chi connectivity index (χ0n) is 7.36. The number of hydrogen-bond acceptors (Lipinski definition) is 4. The molecule has 8 heavy (non-hydrogen) atoms. The van der Waals surface area contributed by atoms with Gasteiger partial charge in [-0.1, -0.05) is 0 Å². The zero-order chi connectivity index (χ0) is 4.50. The number of rotatable bonds is 0. The van der Waals surface area contributed by atoms with Gasteiger partial charge in [0.1, 0.15) is 0 Å². The minimum Gasteiger partial charge on any atom is -1.00 e. The Bertz CT molecular complexity index is 71.5. The fourth-order valence-electron chi connectivity index (χ4n) is 0. The van der Waals surface area contributed by atoms with Crippen LogP contribution in [0.1, 0.15) is 4.28 Å². The van der Waals surface area contributed by atoms with Crippen molar-refractivity contribution in [1.29, 1.82) is 0 Å². The fraction of sp³-hybridized carbons (Fsp3) is 0. The monoisotopic (exact) mass is 302 g/mol. The van der Waals surface area contributed by atoms with Crippen molar-refractivity contribution in [1.82, 2.24) is 0 Å². The topological polar surface area (TPSA) is 86.2 Å². The summed E-state index contributed by atoms with van der Waals surface area (Å²) in [6.45, 7) is 0. The average molecular weight is 301 g/mol. The minimum atomic E-state index is -5.39. The van der Waals surface area contributed by atoms with E-state index in [1.165, 1.54) is 0 Å². The van der Waals surface area contributed by atoms with Crippen molar-refractivity contribution in [3.8, 4) is 0 Å². The van der Waals surface area contributed by atoms with Crippen molar-refractivity contribution in [3.05, 3.63) is 0 Å². The molecule has 0 amide bonds. The van der Waals surface area contributed by atoms with Gasteiger partial charge in [-0.05, 0) is 0 Å². The van der Waals surface area contributed by atoms with Gasteiger partial charge in [0.05, 0.1) is 0 Å². The SMILES string of the molecule is O=P([O-])([O-])[O-].[Al+3].[Ba+2].[H-].[H-].[H-].[K+]. The van der Waals surface area contributed by atoms with Crippen LogP contribution in [0.25, 0.3) is 0 Å². The predicted molar refractivity (Wildman–Crippen MR) is 22.5 cm³/mol. The first kappa shape index (κ1) is 22.6. The van der Waals surface area contributed by atoms with Gasteiger partial charge in [0.2, 0.25) is 0 Å². The molecule has 0 aromatic rings. The Morgan fingerprint density at radius 1 is 1.25 bits per heavy atom. The molecule has 38 valence electrons. The first-order chi connectivity index (χ1) is 2.00. The maximum Gasteiger partial charge on any atom is 3.00 e. The molecule has 0 radical (unpaired) electrons. The summed E-state index contributed by atoms with van der Waals surface area (Å²) in [6.07, 6.45) is 0. The van der Waals surface area contributed by atoms with E-state index >= 15 is 0 Å². The molecule has 0 fully saturated rings. The van der Waals surface area contributed by atoms with Gasteiger partial charge in [0.15, 0.2) is 0 Å². The Morgan fingerprint density at radius 2 is 1.25 bits per heavy atom. The molecule has 0 heterocycles. The summed E-state index contributed by atoms with van der Waals surface area (Å²) in [7, 11) is -5.39. The Morgan fingerprint density at radius 3 is 1.25 bits per heavy atom. The molecule has 0 saturated heterocycles. The molecule has 0 aliphatic rings. The van der Waals surface area contributed by atoms with Crippen molar-refractivity contribution in [2.45, 2.75) is 0 Å². The third-order valence-electron chi connectivity index (χ3n) is 0. The van der Waals surface area contributed by atoms with Gasteiger partial charge in [0.25, 0.3) is 0 Å². The molecule has 0 bridgehead atoms. The van der Waals surface area contributed by atoms with E-state index in [0.29, 0.717) is 0 Å². The van der Waals surface area contributed by atoms with E-state index in [0.717, 1.165) is 0 Å². The summed E-state index contributed by atoms with van der Waals surface area (Å²) in [5, 5.41) is 0. The van der Waals surface area contributed by atoms with E-state index in [-0.39, 0.29) is 122 Å². The normalized spacial score (nSPS) is 7.38. The van der Waals surface area contributed by atoms with Crippen LogP contribution in [0, 0.1) is 0 Å². The molecule has 0 aliphatic heterocycles. The predicted octanol–water partition coefficient (Wildman–Crippen LogP) is -6.24. The van der Waals surface area contributed by atoms with E-state index in [9.17, 15) is 0 Å². The first-order valence-corrected chi connectivity index (χ1v) is 2.19. The van der Waals surface area contributed by atoms with Crippen LogP contribution >= 0.6 is 7.82 Å². The van der Waals surface area contributed by atoms with Gasteiger partial charge in [-0.2, -0.15) is 7.82 Å². The van der Waals surface area contributed by atoms with E-state index in [1.807, 2.05) is 0 Å². The summed E-state index contributed by atoms with van der Waals surface area (Å²) in [5.41, 5.74) is 0. The molecule has 0 saturated carbocycles. The molecular formula is H3AlBaKO4P. The number of phosphoric acid groups is 1. The van der Waals surface area contributed by atoms with Crippen LogP contribution in [0.3, 0.4) is 0 Å². The van der Waals surface area contributed by atoms with Gasteiger partial charge in [0, 0.05) is 0 Å². The van der Waals surface area contributed by atoms with E-state index in [4.69, 9.17) is 19.2 Å². The minimum absolute atomic E-state index is 0. The van der Waals surface area contributed by atoms with Crippen LogP contribution in [0.5, 0.6) is 0 Å². The van der Waals surface area contributed by atoms with Crippen LogP contribution in [0.4, 0.5) is 0 Å². The Labute approximate surface area is 145 Å². The van der Waals surface area contributed by atoms with Gasteiger partial charge in [-0.3, -0.25) is 0 Å². The van der Waals surface area contributed by atoms with Gasteiger partial charge in [-0.15, -0.1) is 0 Å². The molecule has 4 nitrogen and oxygen atoms in total. The van der Waals surface area contributed by atoms with E-state index in [2.05, 4.69) is 0 Å². The van der Waals surface area contributed by atoms with E-state index in [1.54, 1.807) is 0 Å². The second-order valence-corrected chi connectivity index (χ2v) is 1.34. The smallest absolute Gasteiger partial charge is 1.00 e.